The van der Waals surface area contributed by atoms with Gasteiger partial charge in [-0.3, -0.25) is 0 Å². The van der Waals surface area contributed by atoms with Crippen molar-refractivity contribution in [2.75, 3.05) is 13.2 Å². The number of hydrogen-bond donors (Lipinski definition) is 1. The predicted molar refractivity (Wildman–Crippen MR) is 52.6 cm³/mol. The van der Waals surface area contributed by atoms with E-state index in [1.807, 2.05) is 0 Å². The van der Waals surface area contributed by atoms with Gasteiger partial charge in [0.15, 0.2) is 0 Å². The third-order valence-corrected chi connectivity index (χ3v) is 1.79. The van der Waals surface area contributed by atoms with Crippen molar-refractivity contribution in [2.24, 2.45) is 0 Å². The summed E-state index contributed by atoms with van der Waals surface area (Å²) in [4.78, 5) is 22.4. The van der Waals surface area contributed by atoms with Crippen LogP contribution in [0, 0.1) is 0 Å². The normalized spacial score (nSPS) is 18.8. The van der Waals surface area contributed by atoms with Crippen LogP contribution in [0.25, 0.3) is 0 Å². The van der Waals surface area contributed by atoms with E-state index in [0.717, 1.165) is 0 Å². The largest absolute Gasteiger partial charge is 0.459 e. The zero-order valence-corrected chi connectivity index (χ0v) is 8.70. The molecular formula is C10H13NO4. The van der Waals surface area contributed by atoms with Gasteiger partial charge in [-0.05, 0) is 13.8 Å². The second-order valence-corrected chi connectivity index (χ2v) is 3.09. The Balaban J connectivity index is 2.76. The molecule has 0 radical (unpaired) electrons. The predicted octanol–water partition coefficient (Wildman–Crippen LogP) is 0.484. The van der Waals surface area contributed by atoms with Crippen LogP contribution in [0.1, 0.15) is 13.8 Å². The van der Waals surface area contributed by atoms with E-state index in [9.17, 15) is 9.59 Å². The third-order valence-electron chi connectivity index (χ3n) is 1.79. The first kappa shape index (κ1) is 11.3. The van der Waals surface area contributed by atoms with Gasteiger partial charge in [-0.15, -0.1) is 0 Å². The Morgan fingerprint density at radius 3 is 1.80 bits per heavy atom. The number of carbonyl (C=O) groups is 2. The van der Waals surface area contributed by atoms with Gasteiger partial charge in [0, 0.05) is 23.5 Å². The van der Waals surface area contributed by atoms with E-state index in [0.29, 0.717) is 11.1 Å². The highest BCUT2D eigenvalue weighted by Crippen LogP contribution is 2.00. The molecule has 0 bridgehead atoms. The van der Waals surface area contributed by atoms with Crippen LogP contribution in [0.2, 0.25) is 0 Å². The summed E-state index contributed by atoms with van der Waals surface area (Å²) in [5.41, 5.74) is 0.877. The second-order valence-electron chi connectivity index (χ2n) is 3.09. The van der Waals surface area contributed by atoms with E-state index >= 15 is 0 Å². The summed E-state index contributed by atoms with van der Waals surface area (Å²) in [5.74, 6) is -0.849. The first-order valence-electron chi connectivity index (χ1n) is 4.55. The Labute approximate surface area is 87.7 Å². The van der Waals surface area contributed by atoms with Crippen LogP contribution in [-0.4, -0.2) is 25.2 Å². The lowest BCUT2D eigenvalue weighted by Crippen LogP contribution is -2.14. The van der Waals surface area contributed by atoms with E-state index < -0.39 is 11.9 Å². The number of esters is 2. The van der Waals surface area contributed by atoms with Gasteiger partial charge in [0.1, 0.15) is 13.2 Å². The summed E-state index contributed by atoms with van der Waals surface area (Å²) < 4.78 is 9.64. The van der Waals surface area contributed by atoms with Crippen LogP contribution < -0.4 is 5.32 Å². The van der Waals surface area contributed by atoms with Gasteiger partial charge in [0.25, 0.3) is 0 Å². The maximum Gasteiger partial charge on any atom is 0.335 e. The maximum absolute atomic E-state index is 11.2. The quantitative estimate of drug-likeness (QED) is 0.590. The summed E-state index contributed by atoms with van der Waals surface area (Å²) in [6, 6.07) is 0. The van der Waals surface area contributed by atoms with Crippen LogP contribution in [0.15, 0.2) is 23.5 Å². The monoisotopic (exact) mass is 211 g/mol. The molecule has 0 saturated carbocycles. The molecule has 0 aromatic carbocycles. The van der Waals surface area contributed by atoms with Gasteiger partial charge in [-0.1, -0.05) is 0 Å². The van der Waals surface area contributed by atoms with Crippen LogP contribution in [0.4, 0.5) is 0 Å². The van der Waals surface area contributed by atoms with E-state index in [-0.39, 0.29) is 13.2 Å². The number of hydrogen-bond acceptors (Lipinski definition) is 5. The number of nitrogens with one attached hydrogen (secondary N) is 1. The Bertz CT molecular complexity index is 298. The van der Waals surface area contributed by atoms with E-state index in [1.165, 1.54) is 12.4 Å². The van der Waals surface area contributed by atoms with Crippen molar-refractivity contribution in [1.29, 1.82) is 0 Å². The number of rotatable bonds is 0. The van der Waals surface area contributed by atoms with Gasteiger partial charge in [-0.25, -0.2) is 9.59 Å². The van der Waals surface area contributed by atoms with Crippen molar-refractivity contribution in [2.45, 2.75) is 13.8 Å². The van der Waals surface area contributed by atoms with Crippen LogP contribution in [-0.2, 0) is 19.1 Å². The van der Waals surface area contributed by atoms with Crippen molar-refractivity contribution < 1.29 is 19.1 Å². The molecule has 0 saturated heterocycles. The Morgan fingerprint density at radius 1 is 1.00 bits per heavy atom. The summed E-state index contributed by atoms with van der Waals surface area (Å²) in [6.07, 6.45) is 2.95. The lowest BCUT2D eigenvalue weighted by atomic mass is 10.3. The number of ether oxygens (including phenoxy) is 2. The molecule has 1 rings (SSSR count). The molecule has 1 aliphatic heterocycles. The molecular weight excluding hydrogens is 198 g/mol. The summed E-state index contributed by atoms with van der Waals surface area (Å²) >= 11 is 0. The third kappa shape index (κ3) is 3.46. The van der Waals surface area contributed by atoms with Crippen LogP contribution in [0.5, 0.6) is 0 Å². The first-order chi connectivity index (χ1) is 7.11. The highest BCUT2D eigenvalue weighted by molar-refractivity contribution is 5.89. The van der Waals surface area contributed by atoms with E-state index in [2.05, 4.69) is 5.32 Å². The molecule has 1 heterocycles. The Kier molecular flexibility index (Phi) is 3.91. The molecule has 5 heteroatoms. The summed E-state index contributed by atoms with van der Waals surface area (Å²) in [6.45, 7) is 3.39. The Hall–Kier alpha value is -1.78. The fourth-order valence-electron chi connectivity index (χ4n) is 0.906. The van der Waals surface area contributed by atoms with Crippen molar-refractivity contribution in [3.63, 3.8) is 0 Å². The van der Waals surface area contributed by atoms with Crippen molar-refractivity contribution in [1.82, 2.24) is 5.32 Å². The Morgan fingerprint density at radius 2 is 1.40 bits per heavy atom. The summed E-state index contributed by atoms with van der Waals surface area (Å²) in [5, 5.41) is 2.72. The van der Waals surface area contributed by atoms with Gasteiger partial charge in [0.05, 0.1) is 0 Å². The smallest absolute Gasteiger partial charge is 0.335 e. The highest BCUT2D eigenvalue weighted by atomic mass is 16.6. The highest BCUT2D eigenvalue weighted by Gasteiger charge is 2.09. The average Bonchev–Trinajstić information content (AvgIpc) is 2.23. The topological polar surface area (TPSA) is 64.6 Å². The van der Waals surface area contributed by atoms with Crippen LogP contribution >= 0.6 is 0 Å². The van der Waals surface area contributed by atoms with E-state index in [4.69, 9.17) is 9.47 Å². The molecule has 1 N–H and O–H groups in total. The zero-order valence-electron chi connectivity index (χ0n) is 8.70. The second kappa shape index (κ2) is 5.19. The molecule has 0 spiro atoms. The minimum atomic E-state index is -0.425. The first-order valence-corrected chi connectivity index (χ1v) is 4.55. The minimum Gasteiger partial charge on any atom is -0.459 e. The number of cyclic esters (lactones) is 2. The molecule has 0 atom stereocenters. The fraction of sp³-hybridized carbons (Fsp3) is 0.400. The maximum atomic E-state index is 11.2. The van der Waals surface area contributed by atoms with Gasteiger partial charge >= 0.3 is 11.9 Å². The standard InChI is InChI=1S/C10H13NO4/c1-7-5-11-6-8(2)10(13)15-4-3-14-9(7)12/h5-6,11H,3-4H2,1-2H3. The lowest BCUT2D eigenvalue weighted by Gasteiger charge is -2.04. The van der Waals surface area contributed by atoms with Gasteiger partial charge in [0.2, 0.25) is 0 Å². The van der Waals surface area contributed by atoms with Crippen molar-refractivity contribution in [3.05, 3.63) is 23.5 Å². The molecule has 15 heavy (non-hydrogen) atoms. The van der Waals surface area contributed by atoms with E-state index in [1.54, 1.807) is 13.8 Å². The SMILES string of the molecule is CC1=CNC=C(C)C(=O)OCCOC1=O. The molecule has 0 unspecified atom stereocenters. The van der Waals surface area contributed by atoms with Gasteiger partial charge < -0.3 is 14.8 Å². The molecule has 82 valence electrons. The fourth-order valence-corrected chi connectivity index (χ4v) is 0.906. The molecule has 0 aromatic rings. The average molecular weight is 211 g/mol. The molecule has 5 nitrogen and oxygen atoms in total. The summed E-state index contributed by atoms with van der Waals surface area (Å²) in [7, 11) is 0. The van der Waals surface area contributed by atoms with Crippen LogP contribution in [0.3, 0.4) is 0 Å². The molecule has 0 aliphatic carbocycles. The lowest BCUT2D eigenvalue weighted by molar-refractivity contribution is -0.147. The van der Waals surface area contributed by atoms with Crippen molar-refractivity contribution in [3.8, 4) is 0 Å². The molecule has 1 aliphatic rings. The number of carbonyl (C=O) groups excluding carboxylic acids is 2. The van der Waals surface area contributed by atoms with Gasteiger partial charge in [-0.2, -0.15) is 0 Å². The minimum absolute atomic E-state index is 0.0725. The molecule has 0 fully saturated rings. The molecule has 0 amide bonds. The zero-order chi connectivity index (χ0) is 11.3. The molecule has 0 aromatic heterocycles. The van der Waals surface area contributed by atoms with Crippen molar-refractivity contribution >= 4 is 11.9 Å².